The van der Waals surface area contributed by atoms with Crippen molar-refractivity contribution in [3.05, 3.63) is 46.9 Å². The molecule has 2 amide bonds. The smallest absolute Gasteiger partial charge is 0.319 e. The number of rotatable bonds is 4. The van der Waals surface area contributed by atoms with Crippen LogP contribution in [0.3, 0.4) is 0 Å². The molecule has 28 heavy (non-hydrogen) atoms. The summed E-state index contributed by atoms with van der Waals surface area (Å²) >= 11 is 0. The molecule has 0 atom stereocenters. The number of amides is 2. The van der Waals surface area contributed by atoms with E-state index in [1.807, 2.05) is 30.9 Å². The van der Waals surface area contributed by atoms with Gasteiger partial charge in [-0.05, 0) is 31.5 Å². The summed E-state index contributed by atoms with van der Waals surface area (Å²) in [6, 6.07) is 8.18. The number of carbonyl (C=O) groups excluding carboxylic acids is 1. The molecule has 7 heteroatoms. The van der Waals surface area contributed by atoms with Gasteiger partial charge < -0.3 is 19.4 Å². The molecule has 0 spiro atoms. The molecule has 1 saturated heterocycles. The Morgan fingerprint density at radius 1 is 1.07 bits per heavy atom. The second kappa shape index (κ2) is 8.46. The third kappa shape index (κ3) is 4.35. The number of carbonyl (C=O) groups is 1. The van der Waals surface area contributed by atoms with E-state index in [-0.39, 0.29) is 6.03 Å². The van der Waals surface area contributed by atoms with Gasteiger partial charge in [-0.15, -0.1) is 0 Å². The number of anilines is 1. The molecule has 7 nitrogen and oxygen atoms in total. The van der Waals surface area contributed by atoms with Gasteiger partial charge >= 0.3 is 6.03 Å². The molecule has 1 aromatic carbocycles. The largest absolute Gasteiger partial charge is 0.497 e. The van der Waals surface area contributed by atoms with E-state index in [9.17, 15) is 4.79 Å². The number of hydrogen-bond donors (Lipinski definition) is 0. The molecule has 0 radical (unpaired) electrons. The molecule has 150 valence electrons. The molecule has 3 rings (SSSR count). The number of aromatic nitrogens is 2. The van der Waals surface area contributed by atoms with Gasteiger partial charge in [-0.1, -0.05) is 12.1 Å². The van der Waals surface area contributed by atoms with Crippen LogP contribution in [0.1, 0.15) is 22.6 Å². The number of urea groups is 1. The average Bonchev–Trinajstić information content (AvgIpc) is 2.69. The number of nitrogens with zero attached hydrogens (tertiary/aromatic N) is 5. The van der Waals surface area contributed by atoms with Gasteiger partial charge in [0.05, 0.1) is 7.11 Å². The summed E-state index contributed by atoms with van der Waals surface area (Å²) in [6.45, 7) is 6.90. The highest BCUT2D eigenvalue weighted by atomic mass is 16.5. The average molecular weight is 383 g/mol. The van der Waals surface area contributed by atoms with Gasteiger partial charge in [0.15, 0.2) is 0 Å². The molecule has 2 aromatic rings. The molecule has 2 heterocycles. The van der Waals surface area contributed by atoms with Gasteiger partial charge in [0.25, 0.3) is 0 Å². The van der Waals surface area contributed by atoms with Crippen LogP contribution in [0.25, 0.3) is 0 Å². The molecule has 0 bridgehead atoms. The molecule has 1 aliphatic rings. The number of benzene rings is 1. The van der Waals surface area contributed by atoms with E-state index in [2.05, 4.69) is 22.0 Å². The van der Waals surface area contributed by atoms with Gasteiger partial charge in [0.1, 0.15) is 17.4 Å². The fourth-order valence-electron chi connectivity index (χ4n) is 3.53. The fraction of sp³-hybridized carbons (Fsp3) is 0.476. The van der Waals surface area contributed by atoms with Crippen LogP contribution in [-0.4, -0.2) is 73.2 Å². The van der Waals surface area contributed by atoms with Crippen LogP contribution in [0.4, 0.5) is 10.6 Å². The third-order valence-electron chi connectivity index (χ3n) is 5.08. The molecule has 0 unspecified atom stereocenters. The Morgan fingerprint density at radius 2 is 1.71 bits per heavy atom. The van der Waals surface area contributed by atoms with E-state index in [0.717, 1.165) is 48.2 Å². The summed E-state index contributed by atoms with van der Waals surface area (Å²) in [6.07, 6.45) is 0.766. The zero-order valence-corrected chi connectivity index (χ0v) is 17.4. The number of methoxy groups -OCH3 is 1. The lowest BCUT2D eigenvalue weighted by molar-refractivity contribution is 0.168. The summed E-state index contributed by atoms with van der Waals surface area (Å²) in [5.41, 5.74) is 3.34. The topological polar surface area (TPSA) is 61.8 Å². The van der Waals surface area contributed by atoms with Crippen molar-refractivity contribution in [2.24, 2.45) is 0 Å². The van der Waals surface area contributed by atoms with Crippen molar-refractivity contribution >= 4 is 11.8 Å². The van der Waals surface area contributed by atoms with Gasteiger partial charge in [-0.2, -0.15) is 0 Å². The Morgan fingerprint density at radius 3 is 2.29 bits per heavy atom. The molecule has 0 aliphatic carbocycles. The molecule has 0 N–H and O–H groups in total. The zero-order valence-electron chi connectivity index (χ0n) is 17.4. The second-order valence-electron chi connectivity index (χ2n) is 7.33. The molecule has 1 aromatic heterocycles. The van der Waals surface area contributed by atoms with Crippen molar-refractivity contribution in [3.63, 3.8) is 0 Å². The third-order valence-corrected chi connectivity index (χ3v) is 5.08. The lowest BCUT2D eigenvalue weighted by Gasteiger charge is -2.37. The monoisotopic (exact) mass is 383 g/mol. The standard InChI is InChI=1S/C21H29N5O2/c1-15-19(14-17-6-8-18(28-5)9-7-17)20(23-16(2)22-15)25-10-12-26(13-11-25)21(27)24(3)4/h6-9H,10-14H2,1-5H3. The quantitative estimate of drug-likeness (QED) is 0.812. The van der Waals surface area contributed by atoms with Crippen molar-refractivity contribution in [1.29, 1.82) is 0 Å². The lowest BCUT2D eigenvalue weighted by Crippen LogP contribution is -2.52. The van der Waals surface area contributed by atoms with E-state index < -0.39 is 0 Å². The molecule has 1 fully saturated rings. The Balaban J connectivity index is 1.82. The summed E-state index contributed by atoms with van der Waals surface area (Å²) < 4.78 is 5.26. The fourth-order valence-corrected chi connectivity index (χ4v) is 3.53. The minimum atomic E-state index is 0.0631. The highest BCUT2D eigenvalue weighted by Gasteiger charge is 2.25. The summed E-state index contributed by atoms with van der Waals surface area (Å²) in [4.78, 5) is 27.4. The van der Waals surface area contributed by atoms with Crippen molar-refractivity contribution in [2.45, 2.75) is 20.3 Å². The Hall–Kier alpha value is -2.83. The first-order valence-corrected chi connectivity index (χ1v) is 9.57. The summed E-state index contributed by atoms with van der Waals surface area (Å²) in [7, 11) is 5.25. The molecule has 0 saturated carbocycles. The second-order valence-corrected chi connectivity index (χ2v) is 7.33. The van der Waals surface area contributed by atoms with Crippen molar-refractivity contribution in [1.82, 2.24) is 19.8 Å². The predicted octanol–water partition coefficient (Wildman–Crippen LogP) is 2.50. The Bertz CT molecular complexity index is 827. The highest BCUT2D eigenvalue weighted by molar-refractivity contribution is 5.74. The SMILES string of the molecule is COc1ccc(Cc2c(C)nc(C)nc2N2CCN(C(=O)N(C)C)CC2)cc1. The number of hydrogen-bond acceptors (Lipinski definition) is 5. The van der Waals surface area contributed by atoms with Crippen LogP contribution < -0.4 is 9.64 Å². The number of piperazine rings is 1. The van der Waals surface area contributed by atoms with Crippen LogP contribution in [0.2, 0.25) is 0 Å². The highest BCUT2D eigenvalue weighted by Crippen LogP contribution is 2.26. The van der Waals surface area contributed by atoms with Gasteiger partial charge in [-0.3, -0.25) is 0 Å². The lowest BCUT2D eigenvalue weighted by atomic mass is 10.0. The maximum atomic E-state index is 12.2. The van der Waals surface area contributed by atoms with Crippen LogP contribution in [0.15, 0.2) is 24.3 Å². The number of aryl methyl sites for hydroxylation is 2. The van der Waals surface area contributed by atoms with Gasteiger partial charge in [0, 0.05) is 58.0 Å². The zero-order chi connectivity index (χ0) is 20.3. The van der Waals surface area contributed by atoms with Gasteiger partial charge in [-0.25, -0.2) is 14.8 Å². The van der Waals surface area contributed by atoms with Gasteiger partial charge in [0.2, 0.25) is 0 Å². The van der Waals surface area contributed by atoms with E-state index in [1.165, 1.54) is 5.56 Å². The first-order valence-electron chi connectivity index (χ1n) is 9.57. The Labute approximate surface area is 166 Å². The first-order chi connectivity index (χ1) is 13.4. The molecule has 1 aliphatic heterocycles. The minimum Gasteiger partial charge on any atom is -0.497 e. The van der Waals surface area contributed by atoms with Crippen molar-refractivity contribution in [2.75, 3.05) is 52.3 Å². The molecular formula is C21H29N5O2. The van der Waals surface area contributed by atoms with Crippen LogP contribution in [-0.2, 0) is 6.42 Å². The van der Waals surface area contributed by atoms with Crippen molar-refractivity contribution in [3.8, 4) is 5.75 Å². The van der Waals surface area contributed by atoms with E-state index in [0.29, 0.717) is 13.1 Å². The van der Waals surface area contributed by atoms with Crippen LogP contribution in [0, 0.1) is 13.8 Å². The predicted molar refractivity (Wildman–Crippen MR) is 110 cm³/mol. The first kappa shape index (κ1) is 19.9. The summed E-state index contributed by atoms with van der Waals surface area (Å²) in [5, 5.41) is 0. The van der Waals surface area contributed by atoms with Crippen LogP contribution >= 0.6 is 0 Å². The minimum absolute atomic E-state index is 0.0631. The van der Waals surface area contributed by atoms with Crippen LogP contribution in [0.5, 0.6) is 5.75 Å². The summed E-state index contributed by atoms with van der Waals surface area (Å²) in [5.74, 6) is 2.61. The maximum absolute atomic E-state index is 12.2. The number of ether oxygens (including phenoxy) is 1. The van der Waals surface area contributed by atoms with E-state index in [1.54, 1.807) is 26.1 Å². The van der Waals surface area contributed by atoms with E-state index in [4.69, 9.17) is 9.72 Å². The molecular weight excluding hydrogens is 354 g/mol. The van der Waals surface area contributed by atoms with E-state index >= 15 is 0 Å². The van der Waals surface area contributed by atoms with Crippen molar-refractivity contribution < 1.29 is 9.53 Å². The Kier molecular flexibility index (Phi) is 6.02. The maximum Gasteiger partial charge on any atom is 0.319 e. The normalized spacial score (nSPS) is 14.2.